The highest BCUT2D eigenvalue weighted by Gasteiger charge is 2.20. The molecule has 1 N–H and O–H groups in total. The van der Waals surface area contributed by atoms with Gasteiger partial charge in [0.05, 0.1) is 6.61 Å². The molecule has 3 nitrogen and oxygen atoms in total. The second-order valence-electron chi connectivity index (χ2n) is 4.72. The summed E-state index contributed by atoms with van der Waals surface area (Å²) in [5, 5.41) is 3.57. The third-order valence-electron chi connectivity index (χ3n) is 2.99. The number of piperazine rings is 1. The van der Waals surface area contributed by atoms with Crippen molar-refractivity contribution in [1.82, 2.24) is 10.2 Å². The van der Waals surface area contributed by atoms with Gasteiger partial charge in [0, 0.05) is 38.8 Å². The van der Waals surface area contributed by atoms with Crippen LogP contribution < -0.4 is 5.32 Å². The Labute approximate surface area is 94.2 Å². The highest BCUT2D eigenvalue weighted by molar-refractivity contribution is 4.80. The summed E-state index contributed by atoms with van der Waals surface area (Å²) in [4.78, 5) is 2.51. The topological polar surface area (TPSA) is 24.5 Å². The molecule has 0 aliphatic carbocycles. The molecule has 1 fully saturated rings. The maximum atomic E-state index is 5.52. The molecule has 1 heterocycles. The number of rotatable bonds is 6. The van der Waals surface area contributed by atoms with Gasteiger partial charge < -0.3 is 10.1 Å². The maximum Gasteiger partial charge on any atom is 0.0593 e. The summed E-state index contributed by atoms with van der Waals surface area (Å²) in [7, 11) is 0. The van der Waals surface area contributed by atoms with Crippen LogP contribution in [0.25, 0.3) is 0 Å². The van der Waals surface area contributed by atoms with Gasteiger partial charge in [-0.15, -0.1) is 0 Å². The number of hydrogen-bond acceptors (Lipinski definition) is 3. The molecule has 1 saturated heterocycles. The fourth-order valence-corrected chi connectivity index (χ4v) is 1.93. The van der Waals surface area contributed by atoms with Crippen LogP contribution in [-0.2, 0) is 4.74 Å². The number of nitrogens with zero attached hydrogens (tertiary/aromatic N) is 1. The minimum atomic E-state index is 0.657. The van der Waals surface area contributed by atoms with E-state index < -0.39 is 0 Å². The Balaban J connectivity index is 2.13. The van der Waals surface area contributed by atoms with Crippen molar-refractivity contribution in [2.24, 2.45) is 5.92 Å². The van der Waals surface area contributed by atoms with Gasteiger partial charge in [-0.05, 0) is 12.3 Å². The summed E-state index contributed by atoms with van der Waals surface area (Å²) in [6, 6.07) is 0.657. The Bertz CT molecular complexity index is 162. The van der Waals surface area contributed by atoms with Crippen LogP contribution in [0.4, 0.5) is 0 Å². The zero-order chi connectivity index (χ0) is 11.1. The molecule has 1 rings (SSSR count). The van der Waals surface area contributed by atoms with Gasteiger partial charge in [0.2, 0.25) is 0 Å². The van der Waals surface area contributed by atoms with Gasteiger partial charge in [-0.1, -0.05) is 20.8 Å². The van der Waals surface area contributed by atoms with E-state index in [0.717, 1.165) is 38.6 Å². The molecule has 1 atom stereocenters. The smallest absolute Gasteiger partial charge is 0.0593 e. The van der Waals surface area contributed by atoms with E-state index in [1.807, 2.05) is 0 Å². The molecular weight excluding hydrogens is 188 g/mol. The van der Waals surface area contributed by atoms with Crippen LogP contribution in [0.1, 0.15) is 27.2 Å². The Hall–Kier alpha value is -0.120. The molecule has 0 radical (unpaired) electrons. The van der Waals surface area contributed by atoms with Crippen molar-refractivity contribution in [3.05, 3.63) is 0 Å². The second-order valence-corrected chi connectivity index (χ2v) is 4.72. The summed E-state index contributed by atoms with van der Waals surface area (Å²) in [5.41, 5.74) is 0. The Kier molecular flexibility index (Phi) is 6.22. The van der Waals surface area contributed by atoms with E-state index in [1.54, 1.807) is 0 Å². The zero-order valence-electron chi connectivity index (χ0n) is 10.5. The van der Waals surface area contributed by atoms with Gasteiger partial charge in [0.1, 0.15) is 0 Å². The van der Waals surface area contributed by atoms with Crippen molar-refractivity contribution < 1.29 is 4.74 Å². The van der Waals surface area contributed by atoms with E-state index in [-0.39, 0.29) is 0 Å². The van der Waals surface area contributed by atoms with Crippen LogP contribution in [0.5, 0.6) is 0 Å². The predicted octanol–water partition coefficient (Wildman–Crippen LogP) is 1.34. The normalized spacial score (nSPS) is 23.6. The standard InChI is InChI=1S/C12H26N2O/c1-4-8-15-9-7-14-6-5-13-12(10-14)11(2)3/h11-13H,4-10H2,1-3H3. The SMILES string of the molecule is CCCOCCN1CCNC(C(C)C)C1. The average Bonchev–Trinajstić information content (AvgIpc) is 2.25. The minimum Gasteiger partial charge on any atom is -0.380 e. The van der Waals surface area contributed by atoms with E-state index in [2.05, 4.69) is 31.0 Å². The van der Waals surface area contributed by atoms with Crippen molar-refractivity contribution in [1.29, 1.82) is 0 Å². The molecular formula is C12H26N2O. The summed E-state index contributed by atoms with van der Waals surface area (Å²) in [5.74, 6) is 0.726. The van der Waals surface area contributed by atoms with E-state index >= 15 is 0 Å². The van der Waals surface area contributed by atoms with Crippen LogP contribution in [-0.4, -0.2) is 50.3 Å². The van der Waals surface area contributed by atoms with Crippen molar-refractivity contribution in [3.8, 4) is 0 Å². The molecule has 0 amide bonds. The first kappa shape index (κ1) is 12.9. The Morgan fingerprint density at radius 2 is 2.20 bits per heavy atom. The molecule has 1 aliphatic heterocycles. The lowest BCUT2D eigenvalue weighted by Gasteiger charge is -2.35. The van der Waals surface area contributed by atoms with Gasteiger partial charge in [0.25, 0.3) is 0 Å². The average molecular weight is 214 g/mol. The fourth-order valence-electron chi connectivity index (χ4n) is 1.93. The summed E-state index contributed by atoms with van der Waals surface area (Å²) < 4.78 is 5.52. The summed E-state index contributed by atoms with van der Waals surface area (Å²) in [6.45, 7) is 13.1. The van der Waals surface area contributed by atoms with Crippen LogP contribution in [0, 0.1) is 5.92 Å². The molecule has 0 saturated carbocycles. The first-order chi connectivity index (χ1) is 7.24. The van der Waals surface area contributed by atoms with Gasteiger partial charge in [-0.2, -0.15) is 0 Å². The van der Waals surface area contributed by atoms with Crippen LogP contribution in [0.2, 0.25) is 0 Å². The molecule has 0 spiro atoms. The van der Waals surface area contributed by atoms with Crippen molar-refractivity contribution in [2.75, 3.05) is 39.4 Å². The third-order valence-corrected chi connectivity index (χ3v) is 2.99. The molecule has 3 heteroatoms. The molecule has 0 aromatic rings. The molecule has 1 unspecified atom stereocenters. The third kappa shape index (κ3) is 4.96. The van der Waals surface area contributed by atoms with Gasteiger partial charge >= 0.3 is 0 Å². The summed E-state index contributed by atoms with van der Waals surface area (Å²) in [6.07, 6.45) is 1.12. The van der Waals surface area contributed by atoms with Crippen LogP contribution >= 0.6 is 0 Å². The molecule has 15 heavy (non-hydrogen) atoms. The van der Waals surface area contributed by atoms with Crippen LogP contribution in [0.3, 0.4) is 0 Å². The lowest BCUT2D eigenvalue weighted by atomic mass is 10.0. The number of nitrogens with one attached hydrogen (secondary N) is 1. The monoisotopic (exact) mass is 214 g/mol. The molecule has 90 valence electrons. The lowest BCUT2D eigenvalue weighted by molar-refractivity contribution is 0.0872. The summed E-state index contributed by atoms with van der Waals surface area (Å²) >= 11 is 0. The Morgan fingerprint density at radius 1 is 1.40 bits per heavy atom. The highest BCUT2D eigenvalue weighted by atomic mass is 16.5. The molecule has 0 aromatic heterocycles. The van der Waals surface area contributed by atoms with Crippen LogP contribution in [0.15, 0.2) is 0 Å². The minimum absolute atomic E-state index is 0.657. The predicted molar refractivity (Wildman–Crippen MR) is 64.2 cm³/mol. The first-order valence-corrected chi connectivity index (χ1v) is 6.27. The molecule has 0 bridgehead atoms. The number of hydrogen-bond donors (Lipinski definition) is 1. The van der Waals surface area contributed by atoms with E-state index in [0.29, 0.717) is 6.04 Å². The van der Waals surface area contributed by atoms with Gasteiger partial charge in [-0.25, -0.2) is 0 Å². The van der Waals surface area contributed by atoms with E-state index in [4.69, 9.17) is 4.74 Å². The van der Waals surface area contributed by atoms with Crippen molar-refractivity contribution in [3.63, 3.8) is 0 Å². The fraction of sp³-hybridized carbons (Fsp3) is 1.00. The van der Waals surface area contributed by atoms with Gasteiger partial charge in [-0.3, -0.25) is 4.90 Å². The van der Waals surface area contributed by atoms with Gasteiger partial charge in [0.15, 0.2) is 0 Å². The van der Waals surface area contributed by atoms with E-state index in [9.17, 15) is 0 Å². The van der Waals surface area contributed by atoms with Crippen molar-refractivity contribution >= 4 is 0 Å². The lowest BCUT2D eigenvalue weighted by Crippen LogP contribution is -2.53. The zero-order valence-corrected chi connectivity index (χ0v) is 10.5. The number of ether oxygens (including phenoxy) is 1. The first-order valence-electron chi connectivity index (χ1n) is 6.27. The largest absolute Gasteiger partial charge is 0.380 e. The second kappa shape index (κ2) is 7.20. The Morgan fingerprint density at radius 3 is 2.87 bits per heavy atom. The molecule has 0 aromatic carbocycles. The quantitative estimate of drug-likeness (QED) is 0.675. The van der Waals surface area contributed by atoms with E-state index in [1.165, 1.54) is 13.1 Å². The highest BCUT2D eigenvalue weighted by Crippen LogP contribution is 2.07. The van der Waals surface area contributed by atoms with Crippen molar-refractivity contribution in [2.45, 2.75) is 33.2 Å². The maximum absolute atomic E-state index is 5.52. The molecule has 1 aliphatic rings.